The number of aliphatic hydroxyl groups is 1. The molecule has 0 aromatic heterocycles. The minimum Gasteiger partial charge on any atom is -0.376 e. The van der Waals surface area contributed by atoms with Gasteiger partial charge in [-0.1, -0.05) is 36.4 Å². The second kappa shape index (κ2) is 4.72. The third-order valence-corrected chi connectivity index (χ3v) is 3.49. The molecule has 2 rings (SSSR count). The quantitative estimate of drug-likeness (QED) is 0.801. The first-order chi connectivity index (χ1) is 8.24. The molecule has 1 N–H and O–H groups in total. The summed E-state index contributed by atoms with van der Waals surface area (Å²) in [6.07, 6.45) is 3.14. The summed E-state index contributed by atoms with van der Waals surface area (Å²) in [5, 5.41) is 9.16. The Hall–Kier alpha value is -1.61. The predicted octanol–water partition coefficient (Wildman–Crippen LogP) is 1.68. The monoisotopic (exact) mass is 231 g/mol. The van der Waals surface area contributed by atoms with Gasteiger partial charge in [-0.15, -0.1) is 6.58 Å². The van der Waals surface area contributed by atoms with Gasteiger partial charge in [-0.3, -0.25) is 4.79 Å². The summed E-state index contributed by atoms with van der Waals surface area (Å²) in [4.78, 5) is 13.9. The largest absolute Gasteiger partial charge is 0.376 e. The summed E-state index contributed by atoms with van der Waals surface area (Å²) in [5.41, 5.74) is 0.493. The van der Waals surface area contributed by atoms with Gasteiger partial charge in [0, 0.05) is 6.54 Å². The van der Waals surface area contributed by atoms with Gasteiger partial charge in [-0.2, -0.15) is 0 Å². The third kappa shape index (κ3) is 1.87. The highest BCUT2D eigenvalue weighted by Crippen LogP contribution is 2.38. The molecule has 0 bridgehead atoms. The van der Waals surface area contributed by atoms with Gasteiger partial charge < -0.3 is 10.0 Å². The van der Waals surface area contributed by atoms with Crippen LogP contribution in [0.5, 0.6) is 0 Å². The molecule has 17 heavy (non-hydrogen) atoms. The lowest BCUT2D eigenvalue weighted by Crippen LogP contribution is -2.38. The van der Waals surface area contributed by atoms with Crippen LogP contribution in [0.1, 0.15) is 18.4 Å². The SMILES string of the molecule is C=CCC1(c2ccccc2)CCN(CO)C1=O. The van der Waals surface area contributed by atoms with E-state index >= 15 is 0 Å². The zero-order valence-corrected chi connectivity index (χ0v) is 9.80. The maximum Gasteiger partial charge on any atom is 0.235 e. The molecule has 3 heteroatoms. The Morgan fingerprint density at radius 3 is 2.65 bits per heavy atom. The van der Waals surface area contributed by atoms with Crippen LogP contribution in [0.4, 0.5) is 0 Å². The van der Waals surface area contributed by atoms with Crippen molar-refractivity contribution in [2.75, 3.05) is 13.3 Å². The summed E-state index contributed by atoms with van der Waals surface area (Å²) < 4.78 is 0. The molecule has 1 amide bonds. The Bertz CT molecular complexity index is 415. The number of amides is 1. The van der Waals surface area contributed by atoms with Crippen molar-refractivity contribution in [2.45, 2.75) is 18.3 Å². The Morgan fingerprint density at radius 1 is 1.41 bits per heavy atom. The normalized spacial score (nSPS) is 24.1. The van der Waals surface area contributed by atoms with Crippen LogP contribution in [0.3, 0.4) is 0 Å². The van der Waals surface area contributed by atoms with E-state index in [-0.39, 0.29) is 12.6 Å². The van der Waals surface area contributed by atoms with E-state index < -0.39 is 5.41 Å². The number of rotatable bonds is 4. The molecule has 90 valence electrons. The molecule has 3 nitrogen and oxygen atoms in total. The van der Waals surface area contributed by atoms with Gasteiger partial charge in [0.1, 0.15) is 6.73 Å². The number of carbonyl (C=O) groups excluding carboxylic acids is 1. The number of hydrogen-bond acceptors (Lipinski definition) is 2. The Kier molecular flexibility index (Phi) is 3.29. The molecule has 0 aliphatic carbocycles. The van der Waals surface area contributed by atoms with Gasteiger partial charge in [0.15, 0.2) is 0 Å². The first kappa shape index (κ1) is 11.9. The minimum atomic E-state index is -0.522. The molecular weight excluding hydrogens is 214 g/mol. The second-order valence-corrected chi connectivity index (χ2v) is 4.40. The Balaban J connectivity index is 2.41. The highest BCUT2D eigenvalue weighted by Gasteiger charge is 2.46. The van der Waals surface area contributed by atoms with Gasteiger partial charge in [0.2, 0.25) is 5.91 Å². The molecule has 0 spiro atoms. The van der Waals surface area contributed by atoms with E-state index in [1.54, 1.807) is 6.08 Å². The van der Waals surface area contributed by atoms with Crippen molar-refractivity contribution in [3.63, 3.8) is 0 Å². The molecule has 1 atom stereocenters. The average molecular weight is 231 g/mol. The molecule has 1 heterocycles. The summed E-state index contributed by atoms with van der Waals surface area (Å²) >= 11 is 0. The van der Waals surface area contributed by atoms with Crippen molar-refractivity contribution in [3.8, 4) is 0 Å². The summed E-state index contributed by atoms with van der Waals surface area (Å²) in [7, 11) is 0. The van der Waals surface area contributed by atoms with E-state index in [4.69, 9.17) is 5.11 Å². The van der Waals surface area contributed by atoms with Gasteiger partial charge in [0.05, 0.1) is 5.41 Å². The summed E-state index contributed by atoms with van der Waals surface area (Å²) in [6.45, 7) is 4.15. The Morgan fingerprint density at radius 2 is 2.12 bits per heavy atom. The molecule has 0 saturated carbocycles. The van der Waals surface area contributed by atoms with Crippen molar-refractivity contribution >= 4 is 5.91 Å². The lowest BCUT2D eigenvalue weighted by Gasteiger charge is -2.26. The Labute approximate surface area is 101 Å². The maximum absolute atomic E-state index is 12.4. The van der Waals surface area contributed by atoms with E-state index in [1.165, 1.54) is 4.90 Å². The summed E-state index contributed by atoms with van der Waals surface area (Å²) in [6, 6.07) is 9.77. The average Bonchev–Trinajstić information content (AvgIpc) is 2.69. The summed E-state index contributed by atoms with van der Waals surface area (Å²) in [5.74, 6) is 0.00565. The molecule has 1 aliphatic heterocycles. The fourth-order valence-corrected chi connectivity index (χ4v) is 2.55. The number of carbonyl (C=O) groups is 1. The lowest BCUT2D eigenvalue weighted by atomic mass is 9.76. The fourth-order valence-electron chi connectivity index (χ4n) is 2.55. The maximum atomic E-state index is 12.4. The predicted molar refractivity (Wildman–Crippen MR) is 66.3 cm³/mol. The van der Waals surface area contributed by atoms with Gasteiger partial charge in [-0.05, 0) is 18.4 Å². The molecule has 1 fully saturated rings. The topological polar surface area (TPSA) is 40.5 Å². The van der Waals surface area contributed by atoms with Crippen LogP contribution in [0, 0.1) is 0 Å². The van der Waals surface area contributed by atoms with E-state index in [9.17, 15) is 4.79 Å². The third-order valence-electron chi connectivity index (χ3n) is 3.49. The standard InChI is InChI=1S/C14H17NO2/c1-2-8-14(12-6-4-3-5-7-12)9-10-15(11-16)13(14)17/h2-7,16H,1,8-11H2. The smallest absolute Gasteiger partial charge is 0.235 e. The number of likely N-dealkylation sites (tertiary alicyclic amines) is 1. The highest BCUT2D eigenvalue weighted by molar-refractivity contribution is 5.90. The highest BCUT2D eigenvalue weighted by atomic mass is 16.3. The first-order valence-corrected chi connectivity index (χ1v) is 5.81. The van der Waals surface area contributed by atoms with Crippen molar-refractivity contribution < 1.29 is 9.90 Å². The molecule has 1 unspecified atom stereocenters. The van der Waals surface area contributed by atoms with E-state index in [0.717, 1.165) is 12.0 Å². The van der Waals surface area contributed by atoms with Gasteiger partial charge >= 0.3 is 0 Å². The number of nitrogens with zero attached hydrogens (tertiary/aromatic N) is 1. The number of benzene rings is 1. The molecular formula is C14H17NO2. The molecule has 1 aromatic rings. The number of hydrogen-bond donors (Lipinski definition) is 1. The minimum absolute atomic E-state index is 0.00565. The molecule has 0 radical (unpaired) electrons. The van der Waals surface area contributed by atoms with Gasteiger partial charge in [-0.25, -0.2) is 0 Å². The molecule has 1 saturated heterocycles. The van der Waals surface area contributed by atoms with Crippen molar-refractivity contribution in [3.05, 3.63) is 48.6 Å². The van der Waals surface area contributed by atoms with Crippen molar-refractivity contribution in [1.82, 2.24) is 4.90 Å². The zero-order chi connectivity index (χ0) is 12.3. The molecule has 1 aromatic carbocycles. The number of aliphatic hydroxyl groups excluding tert-OH is 1. The van der Waals surface area contributed by atoms with Crippen LogP contribution in [-0.2, 0) is 10.2 Å². The van der Waals surface area contributed by atoms with Crippen molar-refractivity contribution in [2.24, 2.45) is 0 Å². The van der Waals surface area contributed by atoms with Crippen LogP contribution >= 0.6 is 0 Å². The van der Waals surface area contributed by atoms with Crippen molar-refractivity contribution in [1.29, 1.82) is 0 Å². The van der Waals surface area contributed by atoms with E-state index in [2.05, 4.69) is 6.58 Å². The zero-order valence-electron chi connectivity index (χ0n) is 9.80. The van der Waals surface area contributed by atoms with Crippen LogP contribution in [0.25, 0.3) is 0 Å². The van der Waals surface area contributed by atoms with Crippen LogP contribution in [0.2, 0.25) is 0 Å². The van der Waals surface area contributed by atoms with E-state index in [1.807, 2.05) is 30.3 Å². The van der Waals surface area contributed by atoms with Crippen LogP contribution < -0.4 is 0 Å². The lowest BCUT2D eigenvalue weighted by molar-refractivity contribution is -0.135. The molecule has 1 aliphatic rings. The van der Waals surface area contributed by atoms with Crippen LogP contribution in [0.15, 0.2) is 43.0 Å². The fraction of sp³-hybridized carbons (Fsp3) is 0.357. The van der Waals surface area contributed by atoms with Gasteiger partial charge in [0.25, 0.3) is 0 Å². The first-order valence-electron chi connectivity index (χ1n) is 5.81. The van der Waals surface area contributed by atoms with E-state index in [0.29, 0.717) is 13.0 Å². The number of allylic oxidation sites excluding steroid dienone is 1. The second-order valence-electron chi connectivity index (χ2n) is 4.40. The van der Waals surface area contributed by atoms with Crippen LogP contribution in [-0.4, -0.2) is 29.2 Å².